The van der Waals surface area contributed by atoms with Gasteiger partial charge < -0.3 is 13.9 Å². The smallest absolute Gasteiger partial charge is 0.417 e. The predicted octanol–water partition coefficient (Wildman–Crippen LogP) is 3.54. The highest BCUT2D eigenvalue weighted by atomic mass is 32.2. The van der Waals surface area contributed by atoms with E-state index in [9.17, 15) is 31.2 Å². The molecule has 0 radical (unpaired) electrons. The van der Waals surface area contributed by atoms with Gasteiger partial charge in [-0.25, -0.2) is 13.2 Å². The summed E-state index contributed by atoms with van der Waals surface area (Å²) >= 11 is 0. The third kappa shape index (κ3) is 5.38. The second-order valence-electron chi connectivity index (χ2n) is 7.45. The van der Waals surface area contributed by atoms with Gasteiger partial charge in [-0.05, 0) is 38.0 Å². The van der Waals surface area contributed by atoms with E-state index >= 15 is 0 Å². The number of carbonyl (C=O) groups is 2. The SMILES string of the molecule is COC(=O)c1cc(COC(=O)C2CCN(S(=O)(=O)c3ccccc3C(F)(F)F)CC2)oc1C. The van der Waals surface area contributed by atoms with Gasteiger partial charge in [-0.2, -0.15) is 17.5 Å². The average Bonchev–Trinajstić information content (AvgIpc) is 3.17. The molecule has 1 fully saturated rings. The lowest BCUT2D eigenvalue weighted by atomic mass is 9.98. The first kappa shape index (κ1) is 24.8. The van der Waals surface area contributed by atoms with Crippen LogP contribution in [0.1, 0.15) is 40.3 Å². The first-order valence-corrected chi connectivity index (χ1v) is 11.4. The molecule has 3 rings (SSSR count). The molecule has 1 aromatic carbocycles. The number of aryl methyl sites for hydroxylation is 1. The molecule has 2 heterocycles. The van der Waals surface area contributed by atoms with Crippen molar-refractivity contribution in [2.45, 2.75) is 37.4 Å². The molecule has 8 nitrogen and oxygen atoms in total. The minimum atomic E-state index is -4.82. The molecule has 0 unspecified atom stereocenters. The number of sulfonamides is 1. The quantitative estimate of drug-likeness (QED) is 0.572. The molecule has 0 spiro atoms. The fourth-order valence-electron chi connectivity index (χ4n) is 3.58. The van der Waals surface area contributed by atoms with Crippen molar-refractivity contribution in [2.75, 3.05) is 20.2 Å². The van der Waals surface area contributed by atoms with Crippen molar-refractivity contribution >= 4 is 22.0 Å². The Bertz CT molecular complexity index is 1130. The van der Waals surface area contributed by atoms with E-state index in [1.54, 1.807) is 6.92 Å². The monoisotopic (exact) mass is 489 g/mol. The molecular weight excluding hydrogens is 467 g/mol. The number of hydrogen-bond donors (Lipinski definition) is 0. The number of methoxy groups -OCH3 is 1. The molecule has 1 aliphatic heterocycles. The van der Waals surface area contributed by atoms with E-state index < -0.39 is 44.5 Å². The lowest BCUT2D eigenvalue weighted by molar-refractivity contribution is -0.151. The van der Waals surface area contributed by atoms with E-state index in [2.05, 4.69) is 4.74 Å². The zero-order valence-electron chi connectivity index (χ0n) is 17.8. The number of nitrogens with zero attached hydrogens (tertiary/aromatic N) is 1. The fraction of sp³-hybridized carbons (Fsp3) is 0.429. The number of carbonyl (C=O) groups excluding carboxylic acids is 2. The van der Waals surface area contributed by atoms with E-state index in [0.29, 0.717) is 5.76 Å². The largest absolute Gasteiger partial charge is 0.465 e. The average molecular weight is 489 g/mol. The zero-order valence-corrected chi connectivity index (χ0v) is 18.7. The van der Waals surface area contributed by atoms with E-state index in [1.165, 1.54) is 19.2 Å². The number of rotatable bonds is 6. The second-order valence-corrected chi connectivity index (χ2v) is 9.36. The number of furan rings is 1. The number of benzene rings is 1. The molecular formula is C21H22F3NO7S. The highest BCUT2D eigenvalue weighted by Crippen LogP contribution is 2.36. The molecule has 0 amide bonds. The number of ether oxygens (including phenoxy) is 2. The molecule has 2 aromatic rings. The maximum Gasteiger partial charge on any atom is 0.417 e. The van der Waals surface area contributed by atoms with Crippen LogP contribution in [0.3, 0.4) is 0 Å². The topological polar surface area (TPSA) is 103 Å². The van der Waals surface area contributed by atoms with Crippen LogP contribution >= 0.6 is 0 Å². The highest BCUT2D eigenvalue weighted by molar-refractivity contribution is 7.89. The minimum Gasteiger partial charge on any atom is -0.465 e. The summed E-state index contributed by atoms with van der Waals surface area (Å²) in [6, 6.07) is 5.40. The van der Waals surface area contributed by atoms with Crippen molar-refractivity contribution in [3.8, 4) is 0 Å². The highest BCUT2D eigenvalue weighted by Gasteiger charge is 2.40. The van der Waals surface area contributed by atoms with Gasteiger partial charge in [-0.1, -0.05) is 12.1 Å². The molecule has 180 valence electrons. The van der Waals surface area contributed by atoms with Crippen LogP contribution in [0.5, 0.6) is 0 Å². The standard InChI is InChI=1S/C21H22F3NO7S/c1-13-16(20(27)30-2)11-15(32-13)12-31-19(26)14-7-9-25(10-8-14)33(28,29)18-6-4-3-5-17(18)21(22,23)24/h3-6,11,14H,7-10,12H2,1-2H3. The van der Waals surface area contributed by atoms with Crippen LogP contribution < -0.4 is 0 Å². The van der Waals surface area contributed by atoms with Crippen LogP contribution in [0.2, 0.25) is 0 Å². The summed E-state index contributed by atoms with van der Waals surface area (Å²) < 4.78 is 81.5. The number of esters is 2. The molecule has 33 heavy (non-hydrogen) atoms. The van der Waals surface area contributed by atoms with E-state index in [1.807, 2.05) is 0 Å². The van der Waals surface area contributed by atoms with Gasteiger partial charge in [0, 0.05) is 13.1 Å². The van der Waals surface area contributed by atoms with Crippen molar-refractivity contribution in [2.24, 2.45) is 5.92 Å². The lowest BCUT2D eigenvalue weighted by Gasteiger charge is -2.30. The van der Waals surface area contributed by atoms with Crippen LogP contribution in [0.4, 0.5) is 13.2 Å². The lowest BCUT2D eigenvalue weighted by Crippen LogP contribution is -2.41. The molecule has 0 atom stereocenters. The van der Waals surface area contributed by atoms with Gasteiger partial charge in [0.2, 0.25) is 10.0 Å². The van der Waals surface area contributed by atoms with Gasteiger partial charge >= 0.3 is 18.1 Å². The molecule has 0 bridgehead atoms. The van der Waals surface area contributed by atoms with E-state index in [4.69, 9.17) is 9.15 Å². The molecule has 0 N–H and O–H groups in total. The van der Waals surface area contributed by atoms with E-state index in [0.717, 1.165) is 22.5 Å². The van der Waals surface area contributed by atoms with Crippen molar-refractivity contribution in [1.82, 2.24) is 4.31 Å². The maximum atomic E-state index is 13.3. The van der Waals surface area contributed by atoms with Crippen LogP contribution in [0.15, 0.2) is 39.6 Å². The molecule has 0 saturated carbocycles. The Morgan fingerprint density at radius 2 is 1.82 bits per heavy atom. The van der Waals surface area contributed by atoms with Gasteiger partial charge in [0.25, 0.3) is 0 Å². The summed E-state index contributed by atoms with van der Waals surface area (Å²) in [5.41, 5.74) is -1.02. The van der Waals surface area contributed by atoms with Gasteiger partial charge in [0.05, 0.1) is 23.5 Å². The van der Waals surface area contributed by atoms with E-state index in [-0.39, 0.29) is 43.9 Å². The number of halogens is 3. The van der Waals surface area contributed by atoms with Crippen LogP contribution in [0, 0.1) is 12.8 Å². The Morgan fingerprint density at radius 3 is 2.42 bits per heavy atom. The van der Waals surface area contributed by atoms with Crippen LogP contribution in [0.25, 0.3) is 0 Å². The van der Waals surface area contributed by atoms with Crippen LogP contribution in [-0.4, -0.2) is 44.9 Å². The predicted molar refractivity (Wildman–Crippen MR) is 108 cm³/mol. The Balaban J connectivity index is 1.61. The van der Waals surface area contributed by atoms with Crippen molar-refractivity contribution in [3.05, 3.63) is 53.0 Å². The number of alkyl halides is 3. The molecule has 1 aliphatic rings. The Morgan fingerprint density at radius 1 is 1.18 bits per heavy atom. The summed E-state index contributed by atoms with van der Waals surface area (Å²) in [4.78, 5) is 23.2. The Hall–Kier alpha value is -2.86. The summed E-state index contributed by atoms with van der Waals surface area (Å²) in [7, 11) is -3.17. The first-order chi connectivity index (χ1) is 15.4. The van der Waals surface area contributed by atoms with Crippen molar-refractivity contribution in [1.29, 1.82) is 0 Å². The number of piperidine rings is 1. The normalized spacial score (nSPS) is 15.9. The minimum absolute atomic E-state index is 0.0941. The van der Waals surface area contributed by atoms with Gasteiger partial charge in [-0.15, -0.1) is 0 Å². The Kier molecular flexibility index (Phi) is 7.17. The summed E-state index contributed by atoms with van der Waals surface area (Å²) in [5.74, 6) is -1.24. The maximum absolute atomic E-state index is 13.3. The second kappa shape index (κ2) is 9.56. The number of hydrogen-bond acceptors (Lipinski definition) is 7. The first-order valence-electron chi connectivity index (χ1n) is 9.95. The Labute approximate surface area is 188 Å². The summed E-state index contributed by atoms with van der Waals surface area (Å²) in [6.07, 6.45) is -4.63. The third-order valence-corrected chi connectivity index (χ3v) is 7.29. The van der Waals surface area contributed by atoms with Crippen molar-refractivity contribution < 1.29 is 45.1 Å². The van der Waals surface area contributed by atoms with Crippen molar-refractivity contribution in [3.63, 3.8) is 0 Å². The molecule has 1 aromatic heterocycles. The van der Waals surface area contributed by atoms with Gasteiger partial charge in [0.1, 0.15) is 23.7 Å². The molecule has 1 saturated heterocycles. The molecule has 12 heteroatoms. The fourth-order valence-corrected chi connectivity index (χ4v) is 5.27. The third-order valence-electron chi connectivity index (χ3n) is 5.33. The van der Waals surface area contributed by atoms with Crippen LogP contribution in [-0.2, 0) is 37.1 Å². The summed E-state index contributed by atoms with van der Waals surface area (Å²) in [5, 5.41) is 0. The molecule has 0 aliphatic carbocycles. The summed E-state index contributed by atoms with van der Waals surface area (Å²) in [6.45, 7) is 1.08. The van der Waals surface area contributed by atoms with Gasteiger partial charge in [0.15, 0.2) is 0 Å². The zero-order chi connectivity index (χ0) is 24.4. The van der Waals surface area contributed by atoms with Gasteiger partial charge in [-0.3, -0.25) is 4.79 Å².